The van der Waals surface area contributed by atoms with Crippen molar-refractivity contribution in [1.82, 2.24) is 31.9 Å². The standard InChI is InChI=1S/C35H50N6O7/c1-21(2)31(40-29(44)19-36-23(5)42)34(47)38-27(17-25-13-9-7-10-14-25)33(46)28(18-26-15-11-8-12-16-26)39-35(48)32(22(3)4)41-30(45)20-37-24(6)43/h7-16,21-22,27-28,31-33,46H,17-20H2,1-6H3,(H,36,42)(H,37,43)(H,38,47)(H,39,48)(H,40,44)(H,41,45)/t27-,28-,31-,32-/m0/s1. The highest BCUT2D eigenvalue weighted by Crippen LogP contribution is 2.16. The van der Waals surface area contributed by atoms with Gasteiger partial charge in [0, 0.05) is 13.8 Å². The fourth-order valence-corrected chi connectivity index (χ4v) is 5.00. The van der Waals surface area contributed by atoms with E-state index in [2.05, 4.69) is 31.9 Å². The lowest BCUT2D eigenvalue weighted by Crippen LogP contribution is -2.61. The molecule has 7 N–H and O–H groups in total. The molecule has 262 valence electrons. The molecule has 13 nitrogen and oxygen atoms in total. The van der Waals surface area contributed by atoms with Gasteiger partial charge in [-0.2, -0.15) is 0 Å². The van der Waals surface area contributed by atoms with E-state index < -0.39 is 53.9 Å². The van der Waals surface area contributed by atoms with Crippen LogP contribution in [0.15, 0.2) is 60.7 Å². The first kappa shape index (κ1) is 39.4. The molecule has 2 aromatic rings. The quantitative estimate of drug-likeness (QED) is 0.119. The third-order valence-corrected chi connectivity index (χ3v) is 7.60. The van der Waals surface area contributed by atoms with Gasteiger partial charge in [-0.3, -0.25) is 28.8 Å². The van der Waals surface area contributed by atoms with Crippen molar-refractivity contribution < 1.29 is 33.9 Å². The number of carbonyl (C=O) groups excluding carboxylic acids is 6. The van der Waals surface area contributed by atoms with Crippen molar-refractivity contribution in [2.75, 3.05) is 13.1 Å². The molecular weight excluding hydrogens is 616 g/mol. The third kappa shape index (κ3) is 13.9. The van der Waals surface area contributed by atoms with Gasteiger partial charge in [0.05, 0.1) is 31.3 Å². The van der Waals surface area contributed by atoms with E-state index in [1.165, 1.54) is 13.8 Å². The Balaban J connectivity index is 2.42. The van der Waals surface area contributed by atoms with Gasteiger partial charge in [-0.05, 0) is 35.8 Å². The maximum Gasteiger partial charge on any atom is 0.243 e. The van der Waals surface area contributed by atoms with Crippen LogP contribution in [0.3, 0.4) is 0 Å². The fourth-order valence-electron chi connectivity index (χ4n) is 5.00. The summed E-state index contributed by atoms with van der Waals surface area (Å²) in [5, 5.41) is 28.0. The highest BCUT2D eigenvalue weighted by molar-refractivity contribution is 5.91. The second-order valence-electron chi connectivity index (χ2n) is 12.5. The lowest BCUT2D eigenvalue weighted by molar-refractivity contribution is -0.132. The number of nitrogens with one attached hydrogen (secondary N) is 6. The molecule has 0 unspecified atom stereocenters. The first-order valence-electron chi connectivity index (χ1n) is 16.1. The highest BCUT2D eigenvalue weighted by Gasteiger charge is 2.35. The Morgan fingerprint density at radius 2 is 0.896 bits per heavy atom. The zero-order chi connectivity index (χ0) is 35.8. The monoisotopic (exact) mass is 666 g/mol. The summed E-state index contributed by atoms with van der Waals surface area (Å²) in [5.41, 5.74) is 1.63. The second kappa shape index (κ2) is 19.8. The van der Waals surface area contributed by atoms with Crippen LogP contribution in [0.1, 0.15) is 52.7 Å². The number of carbonyl (C=O) groups is 6. The summed E-state index contributed by atoms with van der Waals surface area (Å²) < 4.78 is 0. The van der Waals surface area contributed by atoms with Gasteiger partial charge in [0.2, 0.25) is 35.4 Å². The van der Waals surface area contributed by atoms with E-state index >= 15 is 0 Å². The summed E-state index contributed by atoms with van der Waals surface area (Å²) in [4.78, 5) is 75.0. The van der Waals surface area contributed by atoms with E-state index in [1.807, 2.05) is 60.7 Å². The van der Waals surface area contributed by atoms with E-state index in [4.69, 9.17) is 0 Å². The summed E-state index contributed by atoms with van der Waals surface area (Å²) >= 11 is 0. The minimum Gasteiger partial charge on any atom is -0.389 e. The normalized spacial score (nSPS) is 13.5. The molecule has 0 radical (unpaired) electrons. The predicted octanol–water partition coefficient (Wildman–Crippen LogP) is 0.356. The predicted molar refractivity (Wildman–Crippen MR) is 181 cm³/mol. The lowest BCUT2D eigenvalue weighted by atomic mass is 9.91. The Labute approximate surface area is 282 Å². The molecule has 6 amide bonds. The number of rotatable bonds is 18. The van der Waals surface area contributed by atoms with Crippen LogP contribution in [0.25, 0.3) is 0 Å². The van der Waals surface area contributed by atoms with Crippen LogP contribution in [0, 0.1) is 11.8 Å². The van der Waals surface area contributed by atoms with Crippen LogP contribution in [-0.4, -0.2) is 83.9 Å². The minimum absolute atomic E-state index is 0.195. The molecule has 0 aliphatic heterocycles. The van der Waals surface area contributed by atoms with Crippen molar-refractivity contribution in [3.8, 4) is 0 Å². The molecule has 0 aromatic heterocycles. The van der Waals surface area contributed by atoms with Crippen LogP contribution in [-0.2, 0) is 41.6 Å². The maximum absolute atomic E-state index is 13.7. The average molecular weight is 667 g/mol. The van der Waals surface area contributed by atoms with Crippen molar-refractivity contribution >= 4 is 35.4 Å². The van der Waals surface area contributed by atoms with Gasteiger partial charge < -0.3 is 37.0 Å². The summed E-state index contributed by atoms with van der Waals surface area (Å²) in [7, 11) is 0. The molecule has 0 heterocycles. The van der Waals surface area contributed by atoms with E-state index in [1.54, 1.807) is 27.7 Å². The molecule has 0 spiro atoms. The first-order valence-corrected chi connectivity index (χ1v) is 16.1. The number of benzene rings is 2. The summed E-state index contributed by atoms with van der Waals surface area (Å²) in [5.74, 6) is -3.64. The number of aliphatic hydroxyl groups excluding tert-OH is 1. The largest absolute Gasteiger partial charge is 0.389 e. The molecule has 0 fully saturated rings. The van der Waals surface area contributed by atoms with Gasteiger partial charge >= 0.3 is 0 Å². The minimum atomic E-state index is -1.33. The molecule has 0 aliphatic rings. The van der Waals surface area contributed by atoms with Gasteiger partial charge in [-0.15, -0.1) is 0 Å². The van der Waals surface area contributed by atoms with Crippen molar-refractivity contribution in [3.05, 3.63) is 71.8 Å². The fraction of sp³-hybridized carbons (Fsp3) is 0.486. The summed E-state index contributed by atoms with van der Waals surface area (Å²) in [6, 6.07) is 14.6. The van der Waals surface area contributed by atoms with E-state index in [9.17, 15) is 33.9 Å². The van der Waals surface area contributed by atoms with Crippen LogP contribution >= 0.6 is 0 Å². The molecule has 2 aromatic carbocycles. The Hall–Kier alpha value is -4.78. The number of hydrogen-bond acceptors (Lipinski definition) is 7. The van der Waals surface area contributed by atoms with Crippen molar-refractivity contribution in [3.63, 3.8) is 0 Å². The van der Waals surface area contributed by atoms with Crippen molar-refractivity contribution in [2.45, 2.75) is 84.7 Å². The Morgan fingerprint density at radius 1 is 0.562 bits per heavy atom. The molecule has 4 atom stereocenters. The number of aliphatic hydroxyl groups is 1. The molecule has 0 bridgehead atoms. The average Bonchev–Trinajstić information content (AvgIpc) is 3.03. The lowest BCUT2D eigenvalue weighted by Gasteiger charge is -2.34. The van der Waals surface area contributed by atoms with E-state index in [0.29, 0.717) is 0 Å². The molecule has 0 saturated heterocycles. The number of amides is 6. The first-order chi connectivity index (χ1) is 22.7. The van der Waals surface area contributed by atoms with Gasteiger partial charge in [-0.1, -0.05) is 88.4 Å². The molecule has 2 rings (SSSR count). The number of hydrogen-bond donors (Lipinski definition) is 7. The van der Waals surface area contributed by atoms with E-state index in [-0.39, 0.29) is 49.6 Å². The third-order valence-electron chi connectivity index (χ3n) is 7.60. The molecule has 0 saturated carbocycles. The van der Waals surface area contributed by atoms with Crippen LogP contribution in [0.2, 0.25) is 0 Å². The van der Waals surface area contributed by atoms with E-state index in [0.717, 1.165) is 11.1 Å². The van der Waals surface area contributed by atoms with Crippen LogP contribution < -0.4 is 31.9 Å². The molecule has 0 aliphatic carbocycles. The summed E-state index contributed by atoms with van der Waals surface area (Å²) in [6.07, 6.45) is -0.939. The smallest absolute Gasteiger partial charge is 0.243 e. The van der Waals surface area contributed by atoms with Crippen molar-refractivity contribution in [2.24, 2.45) is 11.8 Å². The molecule has 13 heteroatoms. The van der Waals surface area contributed by atoms with Gasteiger partial charge in [-0.25, -0.2) is 0 Å². The topological polar surface area (TPSA) is 195 Å². The Bertz CT molecular complexity index is 1270. The van der Waals surface area contributed by atoms with Crippen LogP contribution in [0.5, 0.6) is 0 Å². The molecular formula is C35H50N6O7. The highest BCUT2D eigenvalue weighted by atomic mass is 16.3. The van der Waals surface area contributed by atoms with Gasteiger partial charge in [0.25, 0.3) is 0 Å². The Kier molecular flexibility index (Phi) is 16.2. The second-order valence-corrected chi connectivity index (χ2v) is 12.5. The van der Waals surface area contributed by atoms with Gasteiger partial charge in [0.15, 0.2) is 0 Å². The zero-order valence-corrected chi connectivity index (χ0v) is 28.5. The van der Waals surface area contributed by atoms with Gasteiger partial charge in [0.1, 0.15) is 12.1 Å². The van der Waals surface area contributed by atoms with Crippen molar-refractivity contribution in [1.29, 1.82) is 0 Å². The SMILES string of the molecule is CC(=O)NCC(=O)N[C@H](C(=O)N[C@@H](Cc1ccccc1)C(O)[C@H](Cc1ccccc1)NC(=O)[C@@H](NC(=O)CNC(C)=O)C(C)C)C(C)C. The zero-order valence-electron chi connectivity index (χ0n) is 28.5. The Morgan fingerprint density at radius 3 is 1.19 bits per heavy atom. The summed E-state index contributed by atoms with van der Waals surface area (Å²) in [6.45, 7) is 9.00. The van der Waals surface area contributed by atoms with Crippen LogP contribution in [0.4, 0.5) is 0 Å². The molecule has 48 heavy (non-hydrogen) atoms. The maximum atomic E-state index is 13.7.